The van der Waals surface area contributed by atoms with Crippen LogP contribution in [0.25, 0.3) is 0 Å². The fourth-order valence-corrected chi connectivity index (χ4v) is 1.75. The number of ether oxygens (including phenoxy) is 1. The molecule has 0 aromatic carbocycles. The predicted molar refractivity (Wildman–Crippen MR) is 68.2 cm³/mol. The highest BCUT2D eigenvalue weighted by atomic mass is 16.6. The lowest BCUT2D eigenvalue weighted by molar-refractivity contribution is -0.122. The van der Waals surface area contributed by atoms with Gasteiger partial charge in [0.05, 0.1) is 13.2 Å². The third-order valence-corrected chi connectivity index (χ3v) is 2.71. The Balaban J connectivity index is 2.24. The number of carbonyl (C=O) groups excluding carboxylic acids is 2. The molecule has 1 fully saturated rings. The van der Waals surface area contributed by atoms with Crippen LogP contribution in [-0.4, -0.2) is 67.7 Å². The zero-order valence-electron chi connectivity index (χ0n) is 10.9. The highest BCUT2D eigenvalue weighted by molar-refractivity contribution is 5.78. The number of hydrogen-bond donors (Lipinski definition) is 1. The van der Waals surface area contributed by atoms with Gasteiger partial charge in [0.2, 0.25) is 5.91 Å². The molecule has 0 spiro atoms. The Morgan fingerprint density at radius 3 is 2.56 bits per heavy atom. The molecule has 102 valence electrons. The highest BCUT2D eigenvalue weighted by Crippen LogP contribution is 2.03. The van der Waals surface area contributed by atoms with Crippen molar-refractivity contribution in [2.75, 3.05) is 45.9 Å². The minimum absolute atomic E-state index is 0.0144. The van der Waals surface area contributed by atoms with E-state index in [4.69, 9.17) is 4.74 Å². The van der Waals surface area contributed by atoms with Crippen molar-refractivity contribution in [3.05, 3.63) is 12.7 Å². The largest absolute Gasteiger partial charge is 0.450 e. The maximum Gasteiger partial charge on any atom is 0.409 e. The Labute approximate surface area is 108 Å². The van der Waals surface area contributed by atoms with Crippen molar-refractivity contribution in [1.29, 1.82) is 0 Å². The molecule has 6 heteroatoms. The molecule has 1 rings (SSSR count). The van der Waals surface area contributed by atoms with Crippen LogP contribution < -0.4 is 5.32 Å². The van der Waals surface area contributed by atoms with E-state index in [2.05, 4.69) is 11.9 Å². The summed E-state index contributed by atoms with van der Waals surface area (Å²) >= 11 is 0. The summed E-state index contributed by atoms with van der Waals surface area (Å²) in [6, 6.07) is 0. The van der Waals surface area contributed by atoms with E-state index >= 15 is 0 Å². The van der Waals surface area contributed by atoms with Crippen LogP contribution in [0.5, 0.6) is 0 Å². The van der Waals surface area contributed by atoms with E-state index in [9.17, 15) is 9.59 Å². The number of rotatable bonds is 5. The van der Waals surface area contributed by atoms with E-state index in [1.165, 1.54) is 0 Å². The van der Waals surface area contributed by atoms with Gasteiger partial charge in [0, 0.05) is 32.7 Å². The first kappa shape index (κ1) is 14.5. The van der Waals surface area contributed by atoms with Gasteiger partial charge in [-0.25, -0.2) is 4.79 Å². The molecule has 1 aliphatic heterocycles. The number of nitrogens with zero attached hydrogens (tertiary/aromatic N) is 2. The summed E-state index contributed by atoms with van der Waals surface area (Å²) in [5.74, 6) is -0.0144. The number of hydrogen-bond acceptors (Lipinski definition) is 4. The Morgan fingerprint density at radius 2 is 2.00 bits per heavy atom. The Bertz CT molecular complexity index is 299. The van der Waals surface area contributed by atoms with Crippen molar-refractivity contribution in [3.63, 3.8) is 0 Å². The van der Waals surface area contributed by atoms with Crippen LogP contribution in [0.1, 0.15) is 6.92 Å². The SMILES string of the molecule is C=CCNC(=O)CN1CCN(C(=O)OCC)CC1. The van der Waals surface area contributed by atoms with Crippen molar-refractivity contribution >= 4 is 12.0 Å². The first-order valence-corrected chi connectivity index (χ1v) is 6.19. The monoisotopic (exact) mass is 255 g/mol. The number of amides is 2. The lowest BCUT2D eigenvalue weighted by atomic mass is 10.3. The zero-order chi connectivity index (χ0) is 13.4. The quantitative estimate of drug-likeness (QED) is 0.706. The van der Waals surface area contributed by atoms with Crippen molar-refractivity contribution in [2.24, 2.45) is 0 Å². The molecular formula is C12H21N3O3. The van der Waals surface area contributed by atoms with E-state index in [1.807, 2.05) is 4.90 Å². The second-order valence-electron chi connectivity index (χ2n) is 4.05. The standard InChI is InChI=1S/C12H21N3O3/c1-3-5-13-11(16)10-14-6-8-15(9-7-14)12(17)18-4-2/h3H,1,4-10H2,2H3,(H,13,16). The summed E-state index contributed by atoms with van der Waals surface area (Å²) in [6.45, 7) is 9.17. The summed E-state index contributed by atoms with van der Waals surface area (Å²) in [7, 11) is 0. The van der Waals surface area contributed by atoms with Crippen molar-refractivity contribution in [2.45, 2.75) is 6.92 Å². The van der Waals surface area contributed by atoms with Crippen molar-refractivity contribution in [3.8, 4) is 0 Å². The van der Waals surface area contributed by atoms with Gasteiger partial charge < -0.3 is 15.0 Å². The molecule has 1 N–H and O–H groups in total. The van der Waals surface area contributed by atoms with Gasteiger partial charge in [-0.3, -0.25) is 9.69 Å². The van der Waals surface area contributed by atoms with Gasteiger partial charge in [0.1, 0.15) is 0 Å². The van der Waals surface area contributed by atoms with Gasteiger partial charge >= 0.3 is 6.09 Å². The fourth-order valence-electron chi connectivity index (χ4n) is 1.75. The third kappa shape index (κ3) is 4.75. The molecule has 18 heavy (non-hydrogen) atoms. The normalized spacial score (nSPS) is 16.2. The van der Waals surface area contributed by atoms with E-state index in [0.717, 1.165) is 0 Å². The fraction of sp³-hybridized carbons (Fsp3) is 0.667. The van der Waals surface area contributed by atoms with Crippen LogP contribution in [0.4, 0.5) is 4.79 Å². The first-order valence-electron chi connectivity index (χ1n) is 6.19. The average molecular weight is 255 g/mol. The molecule has 1 aliphatic rings. The van der Waals surface area contributed by atoms with Crippen molar-refractivity contribution < 1.29 is 14.3 Å². The molecule has 6 nitrogen and oxygen atoms in total. The second kappa shape index (κ2) is 7.71. The van der Waals surface area contributed by atoms with Crippen LogP contribution >= 0.6 is 0 Å². The first-order chi connectivity index (χ1) is 8.67. The molecule has 0 aromatic heterocycles. The second-order valence-corrected chi connectivity index (χ2v) is 4.05. The molecule has 0 saturated carbocycles. The van der Waals surface area contributed by atoms with Gasteiger partial charge in [0.25, 0.3) is 0 Å². The molecule has 0 atom stereocenters. The van der Waals surface area contributed by atoms with Crippen LogP contribution in [-0.2, 0) is 9.53 Å². The van der Waals surface area contributed by atoms with E-state index in [1.54, 1.807) is 17.9 Å². The van der Waals surface area contributed by atoms with Gasteiger partial charge in [-0.1, -0.05) is 6.08 Å². The van der Waals surface area contributed by atoms with E-state index in [-0.39, 0.29) is 12.0 Å². The molecule has 2 amide bonds. The molecule has 0 aliphatic carbocycles. The predicted octanol–water partition coefficient (Wildman–Crippen LogP) is 0.0627. The average Bonchev–Trinajstić information content (AvgIpc) is 2.37. The topological polar surface area (TPSA) is 61.9 Å². The molecule has 0 unspecified atom stereocenters. The lowest BCUT2D eigenvalue weighted by Crippen LogP contribution is -2.51. The summed E-state index contributed by atoms with van der Waals surface area (Å²) in [6.07, 6.45) is 1.38. The summed E-state index contributed by atoms with van der Waals surface area (Å²) < 4.78 is 4.93. The van der Waals surface area contributed by atoms with Crippen LogP contribution in [0.3, 0.4) is 0 Å². The van der Waals surface area contributed by atoms with Crippen LogP contribution in [0.15, 0.2) is 12.7 Å². The van der Waals surface area contributed by atoms with Gasteiger partial charge in [0.15, 0.2) is 0 Å². The summed E-state index contributed by atoms with van der Waals surface area (Å²) in [4.78, 5) is 26.6. The molecule has 0 aromatic rings. The Hall–Kier alpha value is -1.56. The molecular weight excluding hydrogens is 234 g/mol. The molecule has 0 radical (unpaired) electrons. The minimum atomic E-state index is -0.270. The van der Waals surface area contributed by atoms with E-state index < -0.39 is 0 Å². The molecule has 0 bridgehead atoms. The van der Waals surface area contributed by atoms with Crippen LogP contribution in [0, 0.1) is 0 Å². The molecule has 1 heterocycles. The van der Waals surface area contributed by atoms with Gasteiger partial charge in [-0.2, -0.15) is 0 Å². The lowest BCUT2D eigenvalue weighted by Gasteiger charge is -2.33. The Morgan fingerprint density at radius 1 is 1.33 bits per heavy atom. The maximum absolute atomic E-state index is 11.5. The van der Waals surface area contributed by atoms with Crippen LogP contribution in [0.2, 0.25) is 0 Å². The molecule has 1 saturated heterocycles. The Kier molecular flexibility index (Phi) is 6.21. The zero-order valence-corrected chi connectivity index (χ0v) is 10.9. The smallest absolute Gasteiger partial charge is 0.409 e. The van der Waals surface area contributed by atoms with Gasteiger partial charge in [-0.15, -0.1) is 6.58 Å². The highest BCUT2D eigenvalue weighted by Gasteiger charge is 2.22. The minimum Gasteiger partial charge on any atom is -0.450 e. The number of piperazine rings is 1. The summed E-state index contributed by atoms with van der Waals surface area (Å²) in [5, 5.41) is 2.73. The number of nitrogens with one attached hydrogen (secondary N) is 1. The van der Waals surface area contributed by atoms with E-state index in [0.29, 0.717) is 45.9 Å². The third-order valence-electron chi connectivity index (χ3n) is 2.71. The number of carbonyl (C=O) groups is 2. The maximum atomic E-state index is 11.5. The van der Waals surface area contributed by atoms with Crippen molar-refractivity contribution in [1.82, 2.24) is 15.1 Å². The van der Waals surface area contributed by atoms with Gasteiger partial charge in [-0.05, 0) is 6.92 Å². The summed E-state index contributed by atoms with van der Waals surface area (Å²) in [5.41, 5.74) is 0.